The van der Waals surface area contributed by atoms with E-state index in [1.165, 1.54) is 5.69 Å². The van der Waals surface area contributed by atoms with Gasteiger partial charge < -0.3 is 14.6 Å². The standard InChI is InChI=1S/C15H29N3O/c1-13(2)8-16-9-14-10-17-12-18(14)11-15(3,4)6-7-19-5/h10,12-13,16H,6-9,11H2,1-5H3. The minimum absolute atomic E-state index is 0.226. The normalized spacial score (nSPS) is 12.3. The molecule has 0 fully saturated rings. The summed E-state index contributed by atoms with van der Waals surface area (Å²) in [6, 6.07) is 0. The Morgan fingerprint density at radius 1 is 1.42 bits per heavy atom. The summed E-state index contributed by atoms with van der Waals surface area (Å²) >= 11 is 0. The molecule has 0 atom stereocenters. The molecular formula is C15H29N3O. The Balaban J connectivity index is 2.52. The summed E-state index contributed by atoms with van der Waals surface area (Å²) in [4.78, 5) is 4.28. The molecule has 0 bridgehead atoms. The van der Waals surface area contributed by atoms with Gasteiger partial charge in [0.15, 0.2) is 0 Å². The second kappa shape index (κ2) is 7.65. The highest BCUT2D eigenvalue weighted by Gasteiger charge is 2.19. The zero-order chi connectivity index (χ0) is 14.3. The number of aromatic nitrogens is 2. The minimum atomic E-state index is 0.226. The highest BCUT2D eigenvalue weighted by molar-refractivity contribution is 4.99. The maximum atomic E-state index is 5.18. The molecule has 0 aliphatic rings. The summed E-state index contributed by atoms with van der Waals surface area (Å²) in [6.45, 7) is 12.7. The number of nitrogens with one attached hydrogen (secondary N) is 1. The Labute approximate surface area is 117 Å². The van der Waals surface area contributed by atoms with Crippen LogP contribution in [0, 0.1) is 11.3 Å². The number of ether oxygens (including phenoxy) is 1. The van der Waals surface area contributed by atoms with Crippen molar-refractivity contribution in [1.82, 2.24) is 14.9 Å². The van der Waals surface area contributed by atoms with Gasteiger partial charge in [-0.05, 0) is 24.3 Å². The van der Waals surface area contributed by atoms with Gasteiger partial charge in [0.2, 0.25) is 0 Å². The highest BCUT2D eigenvalue weighted by atomic mass is 16.5. The number of imidazole rings is 1. The summed E-state index contributed by atoms with van der Waals surface area (Å²) in [7, 11) is 1.76. The Bertz CT molecular complexity index is 358. The van der Waals surface area contributed by atoms with E-state index >= 15 is 0 Å². The molecule has 4 heteroatoms. The first-order valence-electron chi connectivity index (χ1n) is 7.13. The van der Waals surface area contributed by atoms with Gasteiger partial charge in [-0.15, -0.1) is 0 Å². The Morgan fingerprint density at radius 3 is 2.79 bits per heavy atom. The van der Waals surface area contributed by atoms with Crippen molar-refractivity contribution in [2.45, 2.75) is 47.2 Å². The smallest absolute Gasteiger partial charge is 0.0948 e. The Morgan fingerprint density at radius 2 is 2.16 bits per heavy atom. The molecule has 1 rings (SSSR count). The van der Waals surface area contributed by atoms with Gasteiger partial charge in [-0.1, -0.05) is 27.7 Å². The molecule has 1 aromatic heterocycles. The SMILES string of the molecule is COCCC(C)(C)Cn1cncc1CNCC(C)C. The second-order valence-corrected chi connectivity index (χ2v) is 6.44. The minimum Gasteiger partial charge on any atom is -0.385 e. The third-order valence-electron chi connectivity index (χ3n) is 3.24. The number of methoxy groups -OCH3 is 1. The van der Waals surface area contributed by atoms with Crippen LogP contribution in [-0.4, -0.2) is 29.8 Å². The lowest BCUT2D eigenvalue weighted by molar-refractivity contribution is 0.142. The van der Waals surface area contributed by atoms with Gasteiger partial charge in [-0.3, -0.25) is 0 Å². The number of nitrogens with zero attached hydrogens (tertiary/aromatic N) is 2. The van der Waals surface area contributed by atoms with E-state index in [0.29, 0.717) is 5.92 Å². The molecule has 110 valence electrons. The van der Waals surface area contributed by atoms with Gasteiger partial charge in [0, 0.05) is 33.0 Å². The molecule has 0 spiro atoms. The maximum absolute atomic E-state index is 5.18. The molecule has 1 heterocycles. The highest BCUT2D eigenvalue weighted by Crippen LogP contribution is 2.23. The van der Waals surface area contributed by atoms with Crippen LogP contribution in [0.2, 0.25) is 0 Å². The molecule has 0 aliphatic heterocycles. The zero-order valence-corrected chi connectivity index (χ0v) is 13.1. The Hall–Kier alpha value is -0.870. The molecule has 0 unspecified atom stereocenters. The first kappa shape index (κ1) is 16.2. The van der Waals surface area contributed by atoms with E-state index < -0.39 is 0 Å². The van der Waals surface area contributed by atoms with E-state index in [1.807, 2.05) is 12.5 Å². The van der Waals surface area contributed by atoms with E-state index in [2.05, 4.69) is 42.6 Å². The zero-order valence-electron chi connectivity index (χ0n) is 13.1. The van der Waals surface area contributed by atoms with Crippen molar-refractivity contribution in [3.63, 3.8) is 0 Å². The van der Waals surface area contributed by atoms with E-state index in [0.717, 1.165) is 32.7 Å². The van der Waals surface area contributed by atoms with Crippen LogP contribution in [-0.2, 0) is 17.8 Å². The fourth-order valence-corrected chi connectivity index (χ4v) is 2.05. The van der Waals surface area contributed by atoms with Crippen molar-refractivity contribution >= 4 is 0 Å². The van der Waals surface area contributed by atoms with Crippen molar-refractivity contribution < 1.29 is 4.74 Å². The lowest BCUT2D eigenvalue weighted by Crippen LogP contribution is -2.25. The van der Waals surface area contributed by atoms with E-state index in [9.17, 15) is 0 Å². The van der Waals surface area contributed by atoms with Crippen LogP contribution in [0.5, 0.6) is 0 Å². The van der Waals surface area contributed by atoms with E-state index in [4.69, 9.17) is 4.74 Å². The lowest BCUT2D eigenvalue weighted by atomic mass is 9.89. The molecule has 1 aromatic rings. The molecule has 0 radical (unpaired) electrons. The van der Waals surface area contributed by atoms with E-state index in [-0.39, 0.29) is 5.41 Å². The second-order valence-electron chi connectivity index (χ2n) is 6.44. The van der Waals surface area contributed by atoms with Gasteiger partial charge in [-0.25, -0.2) is 4.98 Å². The fraction of sp³-hybridized carbons (Fsp3) is 0.800. The average Bonchev–Trinajstić information content (AvgIpc) is 2.73. The van der Waals surface area contributed by atoms with Crippen LogP contribution in [0.1, 0.15) is 39.8 Å². The molecule has 0 amide bonds. The average molecular weight is 267 g/mol. The third-order valence-corrected chi connectivity index (χ3v) is 3.24. The fourth-order valence-electron chi connectivity index (χ4n) is 2.05. The molecule has 0 aromatic carbocycles. The summed E-state index contributed by atoms with van der Waals surface area (Å²) < 4.78 is 7.43. The van der Waals surface area contributed by atoms with Crippen molar-refractivity contribution in [1.29, 1.82) is 0 Å². The molecule has 4 nitrogen and oxygen atoms in total. The molecule has 0 saturated carbocycles. The van der Waals surface area contributed by atoms with Crippen LogP contribution in [0.15, 0.2) is 12.5 Å². The topological polar surface area (TPSA) is 39.1 Å². The molecular weight excluding hydrogens is 238 g/mol. The number of hydrogen-bond donors (Lipinski definition) is 1. The van der Waals surface area contributed by atoms with Crippen LogP contribution >= 0.6 is 0 Å². The predicted molar refractivity (Wildman–Crippen MR) is 79.0 cm³/mol. The first-order chi connectivity index (χ1) is 8.94. The van der Waals surface area contributed by atoms with Gasteiger partial charge in [-0.2, -0.15) is 0 Å². The monoisotopic (exact) mass is 267 g/mol. The van der Waals surface area contributed by atoms with Gasteiger partial charge in [0.25, 0.3) is 0 Å². The maximum Gasteiger partial charge on any atom is 0.0948 e. The van der Waals surface area contributed by atoms with Crippen molar-refractivity contribution in [3.8, 4) is 0 Å². The van der Waals surface area contributed by atoms with Crippen molar-refractivity contribution in [2.75, 3.05) is 20.3 Å². The Kier molecular flexibility index (Phi) is 6.52. The van der Waals surface area contributed by atoms with Crippen LogP contribution in [0.3, 0.4) is 0 Å². The molecule has 1 N–H and O–H groups in total. The summed E-state index contributed by atoms with van der Waals surface area (Å²) in [6.07, 6.45) is 4.95. The van der Waals surface area contributed by atoms with Crippen molar-refractivity contribution in [3.05, 3.63) is 18.2 Å². The van der Waals surface area contributed by atoms with Gasteiger partial charge >= 0.3 is 0 Å². The first-order valence-corrected chi connectivity index (χ1v) is 7.13. The quantitative estimate of drug-likeness (QED) is 0.747. The number of hydrogen-bond acceptors (Lipinski definition) is 3. The molecule has 0 saturated heterocycles. The molecule has 19 heavy (non-hydrogen) atoms. The molecule has 0 aliphatic carbocycles. The van der Waals surface area contributed by atoms with Crippen LogP contribution in [0.4, 0.5) is 0 Å². The summed E-state index contributed by atoms with van der Waals surface area (Å²) in [5.74, 6) is 0.675. The predicted octanol–water partition coefficient (Wildman–Crippen LogP) is 2.69. The largest absolute Gasteiger partial charge is 0.385 e. The third kappa shape index (κ3) is 6.21. The van der Waals surface area contributed by atoms with Crippen molar-refractivity contribution in [2.24, 2.45) is 11.3 Å². The van der Waals surface area contributed by atoms with E-state index in [1.54, 1.807) is 7.11 Å². The lowest BCUT2D eigenvalue weighted by Gasteiger charge is -2.25. The van der Waals surface area contributed by atoms with Crippen LogP contribution in [0.25, 0.3) is 0 Å². The van der Waals surface area contributed by atoms with Crippen LogP contribution < -0.4 is 5.32 Å². The number of rotatable bonds is 9. The summed E-state index contributed by atoms with van der Waals surface area (Å²) in [5, 5.41) is 3.47. The summed E-state index contributed by atoms with van der Waals surface area (Å²) in [5.41, 5.74) is 1.48. The van der Waals surface area contributed by atoms with Gasteiger partial charge in [0.05, 0.1) is 12.0 Å². The van der Waals surface area contributed by atoms with Gasteiger partial charge in [0.1, 0.15) is 0 Å².